The fourth-order valence-corrected chi connectivity index (χ4v) is 7.27. The van der Waals surface area contributed by atoms with Gasteiger partial charge in [-0.3, -0.25) is 14.4 Å². The average molecular weight is 811 g/mol. The average Bonchev–Trinajstić information content (AvgIpc) is 3.46. The minimum Gasteiger partial charge on any atom is -0.507 e. The summed E-state index contributed by atoms with van der Waals surface area (Å²) in [6, 6.07) is 1.27. The van der Waals surface area contributed by atoms with Crippen LogP contribution in [0.25, 0.3) is 0 Å². The molecule has 58 heavy (non-hydrogen) atoms. The summed E-state index contributed by atoms with van der Waals surface area (Å²) in [5.41, 5.74) is -0.881. The van der Waals surface area contributed by atoms with Crippen LogP contribution in [0.15, 0.2) is 101 Å². The topological polar surface area (TPSA) is 217 Å². The third-order valence-corrected chi connectivity index (χ3v) is 11.0. The molecule has 0 aliphatic carbocycles. The molecule has 0 bridgehead atoms. The lowest BCUT2D eigenvalue weighted by molar-refractivity contribution is -0.359. The standard InChI is InChI=1S/C44H62N2O12/c1-10-12-14-22-32-43(6,7)39(51)40(52)44(55,58-32)29(11-2)41(53)45-24-18-17-20-27(4)37(56-9)28(5)38-36(50)35(49)31(57-38)21-16-13-15-19-26(3)34(48)33-30(47)23-25-46(8)42(33)54/h10,12-23,25,28-29,31-32,35-40,47,49-52,55H,11,24H2,1-9H3,(H,45,53). The first-order valence-electron chi connectivity index (χ1n) is 19.5. The van der Waals surface area contributed by atoms with Gasteiger partial charge in [0.15, 0.2) is 5.78 Å². The van der Waals surface area contributed by atoms with E-state index in [4.69, 9.17) is 14.2 Å². The van der Waals surface area contributed by atoms with Gasteiger partial charge in [0, 0.05) is 38.2 Å². The lowest BCUT2D eigenvalue weighted by atomic mass is 9.71. The second-order valence-corrected chi connectivity index (χ2v) is 15.5. The maximum absolute atomic E-state index is 13.3. The highest BCUT2D eigenvalue weighted by atomic mass is 16.7. The summed E-state index contributed by atoms with van der Waals surface area (Å²) in [6.07, 6.45) is 13.0. The summed E-state index contributed by atoms with van der Waals surface area (Å²) >= 11 is 0. The zero-order valence-electron chi connectivity index (χ0n) is 34.9. The van der Waals surface area contributed by atoms with Gasteiger partial charge in [0.05, 0.1) is 30.3 Å². The van der Waals surface area contributed by atoms with Crippen LogP contribution < -0.4 is 10.9 Å². The summed E-state index contributed by atoms with van der Waals surface area (Å²) in [7, 11) is 3.01. The number of allylic oxidation sites excluding steroid dienone is 10. The number of ketones is 1. The monoisotopic (exact) mass is 810 g/mol. The molecule has 3 heterocycles. The van der Waals surface area contributed by atoms with Crippen molar-refractivity contribution in [1.82, 2.24) is 9.88 Å². The van der Waals surface area contributed by atoms with Crippen molar-refractivity contribution in [2.75, 3.05) is 13.7 Å². The number of methoxy groups -OCH3 is 1. The summed E-state index contributed by atoms with van der Waals surface area (Å²) in [5, 5.41) is 68.0. The quantitative estimate of drug-likeness (QED) is 0.0687. The van der Waals surface area contributed by atoms with Crippen LogP contribution in [0.3, 0.4) is 0 Å². The number of ether oxygens (including phenoxy) is 3. The number of nitrogens with one attached hydrogen (secondary N) is 1. The molecule has 0 saturated carbocycles. The molecule has 11 atom stereocenters. The fourth-order valence-electron chi connectivity index (χ4n) is 7.27. The fraction of sp³-hybridized carbons (Fsp3) is 0.523. The number of aromatic nitrogens is 1. The normalized spacial score (nSPS) is 29.9. The summed E-state index contributed by atoms with van der Waals surface area (Å²) in [6.45, 7) is 12.2. The number of carbonyl (C=O) groups is 2. The highest BCUT2D eigenvalue weighted by Crippen LogP contribution is 2.44. The van der Waals surface area contributed by atoms with Crippen molar-refractivity contribution in [3.63, 3.8) is 0 Å². The van der Waals surface area contributed by atoms with Crippen molar-refractivity contribution < 1.29 is 54.4 Å². The molecule has 14 heteroatoms. The molecular formula is C44H62N2O12. The number of rotatable bonds is 17. The second kappa shape index (κ2) is 21.1. The van der Waals surface area contributed by atoms with Gasteiger partial charge >= 0.3 is 0 Å². The van der Waals surface area contributed by atoms with Crippen molar-refractivity contribution in [1.29, 1.82) is 0 Å². The first-order chi connectivity index (χ1) is 27.3. The van der Waals surface area contributed by atoms with Gasteiger partial charge in [-0.15, -0.1) is 0 Å². The lowest BCUT2D eigenvalue weighted by Gasteiger charge is -2.53. The number of aliphatic hydroxyl groups excluding tert-OH is 4. The third kappa shape index (κ3) is 10.9. The number of aromatic hydroxyl groups is 1. The molecule has 2 aliphatic rings. The second-order valence-electron chi connectivity index (χ2n) is 15.5. The van der Waals surface area contributed by atoms with E-state index in [1.807, 2.05) is 26.8 Å². The van der Waals surface area contributed by atoms with Gasteiger partial charge < -0.3 is 54.7 Å². The molecule has 2 aliphatic heterocycles. The predicted octanol–water partition coefficient (Wildman–Crippen LogP) is 3.09. The van der Waals surface area contributed by atoms with Gasteiger partial charge in [-0.05, 0) is 44.4 Å². The lowest BCUT2D eigenvalue weighted by Crippen LogP contribution is -2.69. The Kier molecular flexibility index (Phi) is 17.5. The van der Waals surface area contributed by atoms with Crippen LogP contribution in [0.4, 0.5) is 0 Å². The summed E-state index contributed by atoms with van der Waals surface area (Å²) < 4.78 is 19.0. The Morgan fingerprint density at radius 3 is 2.31 bits per heavy atom. The SMILES string of the molecule is CC=CC=CC1OC(O)(C(CC)C(=O)NCC=CC=C(C)C(OC)C(C)C2OC(C=CC=CC=C(C)C(=O)c3c(O)ccn(C)c3=O)C(O)C2O)C(O)C(O)C1(C)C. The number of aryl methyl sites for hydroxylation is 1. The molecule has 0 aromatic carbocycles. The number of hydrogen-bond donors (Lipinski definition) is 7. The van der Waals surface area contributed by atoms with Gasteiger partial charge in [0.2, 0.25) is 11.7 Å². The minimum absolute atomic E-state index is 0.0818. The third-order valence-electron chi connectivity index (χ3n) is 11.0. The molecule has 7 N–H and O–H groups in total. The van der Waals surface area contributed by atoms with Crippen LogP contribution in [0.1, 0.15) is 65.2 Å². The number of nitrogens with zero attached hydrogens (tertiary/aromatic N) is 1. The Morgan fingerprint density at radius 2 is 1.67 bits per heavy atom. The van der Waals surface area contributed by atoms with Gasteiger partial charge in [-0.25, -0.2) is 0 Å². The molecule has 1 amide bonds. The number of pyridine rings is 1. The van der Waals surface area contributed by atoms with E-state index in [1.165, 1.54) is 44.0 Å². The van der Waals surface area contributed by atoms with Crippen LogP contribution >= 0.6 is 0 Å². The number of Topliss-reactive ketones (excluding diaryl/α,β-unsaturated/α-hetero) is 1. The van der Waals surface area contributed by atoms with Crippen LogP contribution in [0.2, 0.25) is 0 Å². The van der Waals surface area contributed by atoms with E-state index in [0.717, 1.165) is 5.57 Å². The van der Waals surface area contributed by atoms with E-state index in [0.29, 0.717) is 0 Å². The zero-order chi connectivity index (χ0) is 43.5. The smallest absolute Gasteiger partial charge is 0.265 e. The van der Waals surface area contributed by atoms with E-state index in [9.17, 15) is 45.0 Å². The van der Waals surface area contributed by atoms with Crippen LogP contribution in [-0.4, -0.2) is 115 Å². The Bertz CT molecular complexity index is 1860. The molecule has 14 nitrogen and oxygen atoms in total. The van der Waals surface area contributed by atoms with E-state index >= 15 is 0 Å². The molecule has 2 fully saturated rings. The van der Waals surface area contributed by atoms with Crippen LogP contribution in [-0.2, 0) is 26.1 Å². The molecule has 1 aromatic rings. The Labute approximate surface area is 340 Å². The van der Waals surface area contributed by atoms with Crippen LogP contribution in [0.5, 0.6) is 5.75 Å². The number of aliphatic hydroxyl groups is 5. The van der Waals surface area contributed by atoms with Gasteiger partial charge in [0.25, 0.3) is 5.56 Å². The van der Waals surface area contributed by atoms with E-state index in [1.54, 1.807) is 81.5 Å². The zero-order valence-corrected chi connectivity index (χ0v) is 34.9. The molecule has 2 saturated heterocycles. The molecule has 0 spiro atoms. The molecule has 320 valence electrons. The predicted molar refractivity (Wildman–Crippen MR) is 220 cm³/mol. The van der Waals surface area contributed by atoms with Crippen molar-refractivity contribution in [3.05, 3.63) is 112 Å². The minimum atomic E-state index is -2.34. The van der Waals surface area contributed by atoms with Crippen molar-refractivity contribution in [3.8, 4) is 5.75 Å². The molecule has 1 aromatic heterocycles. The number of amides is 1. The first kappa shape index (κ1) is 48.1. The Balaban J connectivity index is 1.61. The number of carbonyl (C=O) groups excluding carboxylic acids is 2. The molecule has 11 unspecified atom stereocenters. The largest absolute Gasteiger partial charge is 0.507 e. The van der Waals surface area contributed by atoms with Gasteiger partial charge in [-0.2, -0.15) is 0 Å². The van der Waals surface area contributed by atoms with Crippen molar-refractivity contribution in [2.45, 2.75) is 110 Å². The van der Waals surface area contributed by atoms with E-state index in [-0.39, 0.29) is 24.1 Å². The van der Waals surface area contributed by atoms with Gasteiger partial charge in [-0.1, -0.05) is 101 Å². The maximum Gasteiger partial charge on any atom is 0.265 e. The highest BCUT2D eigenvalue weighted by Gasteiger charge is 2.60. The molecule has 0 radical (unpaired) electrons. The number of hydrogen-bond acceptors (Lipinski definition) is 12. The van der Waals surface area contributed by atoms with Crippen LogP contribution in [0, 0.1) is 17.3 Å². The molecular weight excluding hydrogens is 748 g/mol. The van der Waals surface area contributed by atoms with E-state index < -0.39 is 94.9 Å². The first-order valence-corrected chi connectivity index (χ1v) is 19.5. The Morgan fingerprint density at radius 1 is 1.00 bits per heavy atom. The molecule has 3 rings (SSSR count). The summed E-state index contributed by atoms with van der Waals surface area (Å²) in [5.74, 6) is -5.51. The Hall–Kier alpha value is -4.25. The van der Waals surface area contributed by atoms with E-state index in [2.05, 4.69) is 5.32 Å². The van der Waals surface area contributed by atoms with Gasteiger partial charge in [0.1, 0.15) is 35.7 Å². The van der Waals surface area contributed by atoms with Crippen molar-refractivity contribution >= 4 is 11.7 Å². The maximum atomic E-state index is 13.3. The summed E-state index contributed by atoms with van der Waals surface area (Å²) in [4.78, 5) is 38.4. The highest BCUT2D eigenvalue weighted by molar-refractivity contribution is 6.09. The van der Waals surface area contributed by atoms with Crippen molar-refractivity contribution in [2.24, 2.45) is 24.3 Å².